The van der Waals surface area contributed by atoms with Gasteiger partial charge in [0.1, 0.15) is 5.76 Å². The van der Waals surface area contributed by atoms with Crippen LogP contribution in [0.5, 0.6) is 0 Å². The van der Waals surface area contributed by atoms with Crippen LogP contribution in [-0.2, 0) is 11.3 Å². The molecule has 0 fully saturated rings. The Morgan fingerprint density at radius 1 is 1.48 bits per heavy atom. The molecule has 3 heterocycles. The van der Waals surface area contributed by atoms with Gasteiger partial charge in [0.25, 0.3) is 0 Å². The van der Waals surface area contributed by atoms with E-state index in [9.17, 15) is 4.79 Å². The highest BCUT2D eigenvalue weighted by Crippen LogP contribution is 2.27. The minimum Gasteiger partial charge on any atom is -0.467 e. The molecule has 9 heteroatoms. The Hall–Kier alpha value is -1.70. The van der Waals surface area contributed by atoms with E-state index in [0.29, 0.717) is 33.2 Å². The van der Waals surface area contributed by atoms with Crippen molar-refractivity contribution in [2.75, 3.05) is 0 Å². The summed E-state index contributed by atoms with van der Waals surface area (Å²) in [7, 11) is 0. The molecule has 0 aliphatic rings. The van der Waals surface area contributed by atoms with Gasteiger partial charge in [0.15, 0.2) is 10.8 Å². The van der Waals surface area contributed by atoms with Gasteiger partial charge in [-0.1, -0.05) is 35.0 Å². The van der Waals surface area contributed by atoms with E-state index in [0.717, 1.165) is 0 Å². The number of furan rings is 1. The zero-order valence-electron chi connectivity index (χ0n) is 12.0. The number of hydrogen-bond acceptors (Lipinski definition) is 5. The normalized spacial score (nSPS) is 12.5. The van der Waals surface area contributed by atoms with Gasteiger partial charge >= 0.3 is 0 Å². The highest BCUT2D eigenvalue weighted by atomic mass is 35.5. The first kappa shape index (κ1) is 16.2. The molecule has 0 aliphatic carbocycles. The summed E-state index contributed by atoms with van der Waals surface area (Å²) in [6.07, 6.45) is 3.23. The number of carbonyl (C=O) groups is 1. The standard InChI is InChI=1S/C14H12Cl2N4O2S/c1-8(13(21)17-6-10-3-2-4-22-10)23-14-19-18-12-11(16)5-9(15)7-20(12)14/h2-5,7-8H,6H2,1H3,(H,17,21)/t8-/m0/s1. The number of nitrogens with one attached hydrogen (secondary N) is 1. The lowest BCUT2D eigenvalue weighted by atomic mass is 10.4. The molecule has 3 aromatic heterocycles. The average molecular weight is 371 g/mol. The Labute approximate surface area is 146 Å². The average Bonchev–Trinajstić information content (AvgIpc) is 3.15. The minimum atomic E-state index is -0.366. The molecule has 23 heavy (non-hydrogen) atoms. The van der Waals surface area contributed by atoms with E-state index in [2.05, 4.69) is 15.5 Å². The van der Waals surface area contributed by atoms with Crippen LogP contribution in [-0.4, -0.2) is 25.8 Å². The van der Waals surface area contributed by atoms with Crippen LogP contribution >= 0.6 is 35.0 Å². The fourth-order valence-corrected chi connectivity index (χ4v) is 3.28. The van der Waals surface area contributed by atoms with Crippen molar-refractivity contribution in [3.05, 3.63) is 46.5 Å². The second kappa shape index (κ2) is 6.82. The van der Waals surface area contributed by atoms with Crippen molar-refractivity contribution in [2.24, 2.45) is 0 Å². The summed E-state index contributed by atoms with van der Waals surface area (Å²) in [6.45, 7) is 2.13. The van der Waals surface area contributed by atoms with Gasteiger partial charge < -0.3 is 9.73 Å². The maximum Gasteiger partial charge on any atom is 0.233 e. The maximum atomic E-state index is 12.2. The molecular weight excluding hydrogens is 359 g/mol. The molecule has 1 atom stereocenters. The van der Waals surface area contributed by atoms with Gasteiger partial charge in [-0.3, -0.25) is 9.20 Å². The second-order valence-electron chi connectivity index (χ2n) is 4.74. The first-order valence-electron chi connectivity index (χ1n) is 6.71. The van der Waals surface area contributed by atoms with E-state index in [1.807, 2.05) is 0 Å². The van der Waals surface area contributed by atoms with E-state index in [1.54, 1.807) is 42.0 Å². The summed E-state index contributed by atoms with van der Waals surface area (Å²) in [5.74, 6) is 0.568. The topological polar surface area (TPSA) is 72.4 Å². The zero-order chi connectivity index (χ0) is 16.4. The monoisotopic (exact) mass is 370 g/mol. The summed E-state index contributed by atoms with van der Waals surface area (Å²) in [4.78, 5) is 12.2. The molecule has 1 N–H and O–H groups in total. The van der Waals surface area contributed by atoms with E-state index < -0.39 is 0 Å². The lowest BCUT2D eigenvalue weighted by molar-refractivity contribution is -0.120. The number of nitrogens with zero attached hydrogens (tertiary/aromatic N) is 3. The van der Waals surface area contributed by atoms with E-state index in [-0.39, 0.29) is 11.2 Å². The predicted octanol–water partition coefficient (Wildman–Crippen LogP) is 3.43. The maximum absolute atomic E-state index is 12.2. The number of aromatic nitrogens is 3. The molecule has 0 unspecified atom stereocenters. The third-order valence-electron chi connectivity index (χ3n) is 3.06. The third-order valence-corrected chi connectivity index (χ3v) is 4.61. The summed E-state index contributed by atoms with van der Waals surface area (Å²) in [5.41, 5.74) is 0.502. The molecule has 0 aliphatic heterocycles. The van der Waals surface area contributed by atoms with E-state index in [1.165, 1.54) is 11.8 Å². The Bertz CT molecular complexity index is 835. The molecule has 120 valence electrons. The highest BCUT2D eigenvalue weighted by molar-refractivity contribution is 8.00. The highest BCUT2D eigenvalue weighted by Gasteiger charge is 2.19. The van der Waals surface area contributed by atoms with Gasteiger partial charge in [-0.25, -0.2) is 0 Å². The lowest BCUT2D eigenvalue weighted by Gasteiger charge is -2.10. The molecule has 3 rings (SSSR count). The molecule has 0 aromatic carbocycles. The molecular formula is C14H12Cl2N4O2S. The smallest absolute Gasteiger partial charge is 0.233 e. The van der Waals surface area contributed by atoms with Crippen molar-refractivity contribution in [2.45, 2.75) is 23.9 Å². The Morgan fingerprint density at radius 3 is 3.04 bits per heavy atom. The number of amides is 1. The first-order valence-corrected chi connectivity index (χ1v) is 8.34. The van der Waals surface area contributed by atoms with Gasteiger partial charge in [0.05, 0.1) is 28.1 Å². The summed E-state index contributed by atoms with van der Waals surface area (Å²) in [6, 6.07) is 5.17. The molecule has 0 saturated heterocycles. The molecule has 0 bridgehead atoms. The van der Waals surface area contributed by atoms with Crippen molar-refractivity contribution in [3.63, 3.8) is 0 Å². The van der Waals surface area contributed by atoms with E-state index in [4.69, 9.17) is 27.6 Å². The molecule has 3 aromatic rings. The summed E-state index contributed by atoms with van der Waals surface area (Å²) < 4.78 is 6.85. The van der Waals surface area contributed by atoms with Crippen LogP contribution in [0.4, 0.5) is 0 Å². The van der Waals surface area contributed by atoms with E-state index >= 15 is 0 Å². The van der Waals surface area contributed by atoms with Gasteiger partial charge in [-0.2, -0.15) is 0 Å². The quantitative estimate of drug-likeness (QED) is 0.696. The fraction of sp³-hybridized carbons (Fsp3) is 0.214. The van der Waals surface area contributed by atoms with Crippen LogP contribution < -0.4 is 5.32 Å². The number of hydrogen-bond donors (Lipinski definition) is 1. The SMILES string of the molecule is C[C@H](Sc1nnc2c(Cl)cc(Cl)cn12)C(=O)NCc1ccco1. The van der Waals surface area contributed by atoms with Gasteiger partial charge in [0, 0.05) is 6.20 Å². The third kappa shape index (κ3) is 3.63. The van der Waals surface area contributed by atoms with Crippen LogP contribution in [0.15, 0.2) is 40.2 Å². The number of fused-ring (bicyclic) bond motifs is 1. The molecule has 6 nitrogen and oxygen atoms in total. The number of pyridine rings is 1. The summed E-state index contributed by atoms with van der Waals surface area (Å²) >= 11 is 13.3. The van der Waals surface area contributed by atoms with Gasteiger partial charge in [0.2, 0.25) is 5.91 Å². The van der Waals surface area contributed by atoms with Crippen molar-refractivity contribution >= 4 is 46.5 Å². The number of thioether (sulfide) groups is 1. The number of rotatable bonds is 5. The van der Waals surface area contributed by atoms with Crippen molar-refractivity contribution < 1.29 is 9.21 Å². The predicted molar refractivity (Wildman–Crippen MR) is 88.9 cm³/mol. The molecule has 0 radical (unpaired) electrons. The largest absolute Gasteiger partial charge is 0.467 e. The Kier molecular flexibility index (Phi) is 4.79. The van der Waals surface area contributed by atoms with Crippen LogP contribution in [0.2, 0.25) is 10.0 Å². The molecule has 0 spiro atoms. The second-order valence-corrected chi connectivity index (χ2v) is 6.89. The van der Waals surface area contributed by atoms with Crippen molar-refractivity contribution in [1.82, 2.24) is 19.9 Å². The first-order chi connectivity index (χ1) is 11.0. The van der Waals surface area contributed by atoms with Crippen LogP contribution in [0, 0.1) is 0 Å². The van der Waals surface area contributed by atoms with Crippen LogP contribution in [0.3, 0.4) is 0 Å². The molecule has 1 amide bonds. The Morgan fingerprint density at radius 2 is 2.30 bits per heavy atom. The zero-order valence-corrected chi connectivity index (χ0v) is 14.3. The number of carbonyl (C=O) groups excluding carboxylic acids is 1. The molecule has 0 saturated carbocycles. The Balaban J connectivity index is 1.70. The van der Waals surface area contributed by atoms with Crippen LogP contribution in [0.25, 0.3) is 5.65 Å². The summed E-state index contributed by atoms with van der Waals surface area (Å²) in [5, 5.41) is 11.9. The minimum absolute atomic E-state index is 0.128. The van der Waals surface area contributed by atoms with Crippen molar-refractivity contribution in [1.29, 1.82) is 0 Å². The number of halogens is 2. The van der Waals surface area contributed by atoms with Gasteiger partial charge in [-0.15, -0.1) is 10.2 Å². The van der Waals surface area contributed by atoms with Gasteiger partial charge in [-0.05, 0) is 25.1 Å². The van der Waals surface area contributed by atoms with Crippen molar-refractivity contribution in [3.8, 4) is 0 Å². The van der Waals surface area contributed by atoms with Crippen LogP contribution in [0.1, 0.15) is 12.7 Å². The fourth-order valence-electron chi connectivity index (χ4n) is 1.93. The lowest BCUT2D eigenvalue weighted by Crippen LogP contribution is -2.30.